The molecule has 1 N–H and O–H groups in total. The van der Waals surface area contributed by atoms with Gasteiger partial charge in [-0.25, -0.2) is 0 Å². The fourth-order valence-corrected chi connectivity index (χ4v) is 4.14. The number of fused-ring (bicyclic) bond motifs is 3. The van der Waals surface area contributed by atoms with Gasteiger partial charge in [-0.05, 0) is 50.6 Å². The summed E-state index contributed by atoms with van der Waals surface area (Å²) >= 11 is 0. The Morgan fingerprint density at radius 3 is 2.42 bits per heavy atom. The van der Waals surface area contributed by atoms with Gasteiger partial charge in [0.1, 0.15) is 0 Å². The molecule has 0 aliphatic carbocycles. The molecule has 26 heavy (non-hydrogen) atoms. The summed E-state index contributed by atoms with van der Waals surface area (Å²) < 4.78 is 2.37. The number of benzene rings is 2. The molecule has 4 rings (SSSR count). The Bertz CT molecular complexity index is 924. The smallest absolute Gasteiger partial charge is 0.0969 e. The molecule has 0 saturated heterocycles. The fraction of sp³-hybridized carbons (Fsp3) is 0.391. The lowest BCUT2D eigenvalue weighted by Crippen LogP contribution is -2.21. The van der Waals surface area contributed by atoms with Crippen molar-refractivity contribution in [2.24, 2.45) is 0 Å². The topological polar surface area (TPSA) is 28.4 Å². The van der Waals surface area contributed by atoms with Crippen LogP contribution in [0.15, 0.2) is 42.5 Å². The van der Waals surface area contributed by atoms with E-state index in [1.54, 1.807) is 0 Å². The second kappa shape index (κ2) is 6.90. The zero-order chi connectivity index (χ0) is 18.3. The highest BCUT2D eigenvalue weighted by molar-refractivity contribution is 5.86. The second-order valence-electron chi connectivity index (χ2n) is 7.79. The zero-order valence-corrected chi connectivity index (χ0v) is 16.0. The molecule has 1 aliphatic rings. The van der Waals surface area contributed by atoms with Gasteiger partial charge >= 0.3 is 0 Å². The van der Waals surface area contributed by atoms with Crippen LogP contribution < -0.4 is 0 Å². The molecule has 3 nitrogen and oxygen atoms in total. The molecule has 136 valence electrons. The molecule has 3 heteroatoms. The highest BCUT2D eigenvalue weighted by Crippen LogP contribution is 2.31. The molecule has 0 spiro atoms. The first-order valence-corrected chi connectivity index (χ1v) is 9.56. The van der Waals surface area contributed by atoms with E-state index in [1.807, 2.05) is 12.1 Å². The van der Waals surface area contributed by atoms with Gasteiger partial charge in [0, 0.05) is 36.1 Å². The largest absolute Gasteiger partial charge is 0.387 e. The Kier molecular flexibility index (Phi) is 4.60. The van der Waals surface area contributed by atoms with Crippen molar-refractivity contribution in [1.82, 2.24) is 9.47 Å². The summed E-state index contributed by atoms with van der Waals surface area (Å²) in [5.41, 5.74) is 7.65. The third kappa shape index (κ3) is 3.17. The molecule has 0 fully saturated rings. The standard InChI is InChI=1S/C23H28N2O/c1-16-4-7-18(8-5-16)23(26)15-25-21-9-6-17(2)14-20(21)19-10-12-24(3)13-11-22(19)25/h4-9,14,23,26H,10-13,15H2,1-3H3. The lowest BCUT2D eigenvalue weighted by molar-refractivity contribution is 0.157. The van der Waals surface area contributed by atoms with Crippen LogP contribution in [0.5, 0.6) is 0 Å². The number of aliphatic hydroxyl groups is 1. The molecule has 0 amide bonds. The summed E-state index contributed by atoms with van der Waals surface area (Å²) in [7, 11) is 2.20. The number of aromatic nitrogens is 1. The highest BCUT2D eigenvalue weighted by atomic mass is 16.3. The van der Waals surface area contributed by atoms with Crippen molar-refractivity contribution in [1.29, 1.82) is 0 Å². The lowest BCUT2D eigenvalue weighted by atomic mass is 10.1. The van der Waals surface area contributed by atoms with Crippen molar-refractivity contribution in [3.05, 3.63) is 70.4 Å². The van der Waals surface area contributed by atoms with Gasteiger partial charge in [-0.2, -0.15) is 0 Å². The summed E-state index contributed by atoms with van der Waals surface area (Å²) in [6.07, 6.45) is 1.64. The van der Waals surface area contributed by atoms with Crippen LogP contribution in [0.2, 0.25) is 0 Å². The Balaban J connectivity index is 1.77. The van der Waals surface area contributed by atoms with Crippen molar-refractivity contribution in [2.45, 2.75) is 39.3 Å². The first kappa shape index (κ1) is 17.3. The number of hydrogen-bond acceptors (Lipinski definition) is 2. The number of nitrogens with zero attached hydrogens (tertiary/aromatic N) is 2. The minimum atomic E-state index is -0.488. The molecular weight excluding hydrogens is 320 g/mol. The normalized spacial score (nSPS) is 16.5. The average Bonchev–Trinajstić information content (AvgIpc) is 2.76. The summed E-state index contributed by atoms with van der Waals surface area (Å²) in [6.45, 7) is 7.02. The molecule has 1 aromatic heterocycles. The van der Waals surface area contributed by atoms with Crippen molar-refractivity contribution < 1.29 is 5.11 Å². The molecule has 0 bridgehead atoms. The molecular formula is C23H28N2O. The maximum absolute atomic E-state index is 10.9. The van der Waals surface area contributed by atoms with Crippen LogP contribution in [0.1, 0.15) is 34.1 Å². The predicted molar refractivity (Wildman–Crippen MR) is 108 cm³/mol. The van der Waals surface area contributed by atoms with Crippen LogP contribution >= 0.6 is 0 Å². The van der Waals surface area contributed by atoms with E-state index in [2.05, 4.69) is 60.7 Å². The monoisotopic (exact) mass is 348 g/mol. The highest BCUT2D eigenvalue weighted by Gasteiger charge is 2.22. The predicted octanol–water partition coefficient (Wildman–Crippen LogP) is 4.02. The van der Waals surface area contributed by atoms with Crippen LogP contribution in [0.3, 0.4) is 0 Å². The van der Waals surface area contributed by atoms with Gasteiger partial charge in [-0.3, -0.25) is 0 Å². The lowest BCUT2D eigenvalue weighted by Gasteiger charge is -2.17. The van der Waals surface area contributed by atoms with Crippen LogP contribution in [0, 0.1) is 13.8 Å². The fourth-order valence-electron chi connectivity index (χ4n) is 4.14. The van der Waals surface area contributed by atoms with Gasteiger partial charge in [0.15, 0.2) is 0 Å². The maximum Gasteiger partial charge on any atom is 0.0969 e. The van der Waals surface area contributed by atoms with Crippen molar-refractivity contribution in [3.63, 3.8) is 0 Å². The van der Waals surface area contributed by atoms with Crippen molar-refractivity contribution in [2.75, 3.05) is 20.1 Å². The second-order valence-corrected chi connectivity index (χ2v) is 7.79. The first-order chi connectivity index (χ1) is 12.5. The van der Waals surface area contributed by atoms with Crippen LogP contribution in [-0.2, 0) is 19.4 Å². The SMILES string of the molecule is Cc1ccc(C(O)Cn2c3c(c4cc(C)ccc42)CCN(C)CC3)cc1. The van der Waals surface area contributed by atoms with Gasteiger partial charge in [0.05, 0.1) is 12.6 Å². The quantitative estimate of drug-likeness (QED) is 0.774. The van der Waals surface area contributed by atoms with Crippen LogP contribution in [0.25, 0.3) is 10.9 Å². The molecule has 2 aromatic carbocycles. The summed E-state index contributed by atoms with van der Waals surface area (Å²) in [5, 5.41) is 12.3. The Morgan fingerprint density at radius 1 is 0.962 bits per heavy atom. The number of likely N-dealkylation sites (N-methyl/N-ethyl adjacent to an activating group) is 1. The van der Waals surface area contributed by atoms with E-state index < -0.39 is 6.10 Å². The summed E-state index contributed by atoms with van der Waals surface area (Å²) in [4.78, 5) is 2.41. The number of hydrogen-bond donors (Lipinski definition) is 1. The molecule has 1 atom stereocenters. The average molecular weight is 348 g/mol. The van der Waals surface area contributed by atoms with E-state index in [0.717, 1.165) is 31.5 Å². The molecule has 1 unspecified atom stereocenters. The summed E-state index contributed by atoms with van der Waals surface area (Å²) in [5.74, 6) is 0. The van der Waals surface area contributed by atoms with Gasteiger partial charge in [-0.15, -0.1) is 0 Å². The Hall–Kier alpha value is -2.10. The third-order valence-corrected chi connectivity index (χ3v) is 5.73. The third-order valence-electron chi connectivity index (χ3n) is 5.73. The molecule has 0 saturated carbocycles. The van der Waals surface area contributed by atoms with Gasteiger partial charge in [0.25, 0.3) is 0 Å². The molecule has 3 aromatic rings. The van der Waals surface area contributed by atoms with Crippen LogP contribution in [0.4, 0.5) is 0 Å². The van der Waals surface area contributed by atoms with E-state index >= 15 is 0 Å². The zero-order valence-electron chi connectivity index (χ0n) is 16.0. The van der Waals surface area contributed by atoms with E-state index in [9.17, 15) is 5.11 Å². The summed E-state index contributed by atoms with van der Waals surface area (Å²) in [6, 6.07) is 15.0. The van der Waals surface area contributed by atoms with E-state index in [-0.39, 0.29) is 0 Å². The minimum absolute atomic E-state index is 0.488. The minimum Gasteiger partial charge on any atom is -0.387 e. The van der Waals surface area contributed by atoms with E-state index in [1.165, 1.54) is 33.3 Å². The van der Waals surface area contributed by atoms with E-state index in [4.69, 9.17) is 0 Å². The van der Waals surface area contributed by atoms with Gasteiger partial charge in [0.2, 0.25) is 0 Å². The Labute approximate surface area is 155 Å². The Morgan fingerprint density at radius 2 is 1.65 bits per heavy atom. The van der Waals surface area contributed by atoms with Crippen LogP contribution in [-0.4, -0.2) is 34.7 Å². The van der Waals surface area contributed by atoms with Crippen molar-refractivity contribution >= 4 is 10.9 Å². The maximum atomic E-state index is 10.9. The first-order valence-electron chi connectivity index (χ1n) is 9.56. The van der Waals surface area contributed by atoms with Gasteiger partial charge in [-0.1, -0.05) is 41.5 Å². The van der Waals surface area contributed by atoms with Crippen molar-refractivity contribution in [3.8, 4) is 0 Å². The number of rotatable bonds is 3. The molecule has 1 aliphatic heterocycles. The number of aryl methyl sites for hydroxylation is 2. The van der Waals surface area contributed by atoms with Gasteiger partial charge < -0.3 is 14.6 Å². The van der Waals surface area contributed by atoms with E-state index in [0.29, 0.717) is 6.54 Å². The molecule has 2 heterocycles. The number of aliphatic hydroxyl groups excluding tert-OH is 1. The molecule has 0 radical (unpaired) electrons.